The molecular weight excluding hydrogens is 490 g/mol. The van der Waals surface area contributed by atoms with Crippen LogP contribution >= 0.6 is 0 Å². The fourth-order valence-electron chi connectivity index (χ4n) is 4.67. The lowest BCUT2D eigenvalue weighted by molar-refractivity contribution is -0.139. The summed E-state index contributed by atoms with van der Waals surface area (Å²) in [6.07, 6.45) is 0.789. The van der Waals surface area contributed by atoms with Crippen molar-refractivity contribution in [3.05, 3.63) is 35.9 Å². The minimum atomic E-state index is -1.01. The van der Waals surface area contributed by atoms with Crippen molar-refractivity contribution in [1.29, 1.82) is 0 Å². The van der Waals surface area contributed by atoms with E-state index in [4.69, 9.17) is 14.2 Å². The first-order chi connectivity index (χ1) is 18.1. The highest BCUT2D eigenvalue weighted by molar-refractivity contribution is 6.38. The largest absolute Gasteiger partial charge is 0.449 e. The van der Waals surface area contributed by atoms with Crippen molar-refractivity contribution in [2.24, 2.45) is 11.3 Å². The van der Waals surface area contributed by atoms with Gasteiger partial charge in [0.25, 0.3) is 5.91 Å². The molecule has 10 nitrogen and oxygen atoms in total. The Morgan fingerprint density at radius 3 is 2.55 bits per heavy atom. The normalized spacial score (nSPS) is 21.8. The van der Waals surface area contributed by atoms with Crippen molar-refractivity contribution < 1.29 is 33.4 Å². The van der Waals surface area contributed by atoms with Crippen molar-refractivity contribution >= 4 is 23.9 Å². The lowest BCUT2D eigenvalue weighted by Crippen LogP contribution is -2.49. The minimum Gasteiger partial charge on any atom is -0.449 e. The molecule has 0 aromatic heterocycles. The van der Waals surface area contributed by atoms with Crippen LogP contribution in [0.25, 0.3) is 0 Å². The fraction of sp³-hybridized carbons (Fsp3) is 0.643. The monoisotopic (exact) mass is 531 g/mol. The highest BCUT2D eigenvalue weighted by Gasteiger charge is 2.45. The Labute approximate surface area is 224 Å². The molecule has 1 aromatic carbocycles. The van der Waals surface area contributed by atoms with Crippen molar-refractivity contribution in [2.75, 3.05) is 32.9 Å². The van der Waals surface area contributed by atoms with Gasteiger partial charge in [0.2, 0.25) is 5.78 Å². The van der Waals surface area contributed by atoms with Gasteiger partial charge in [-0.3, -0.25) is 9.59 Å². The van der Waals surface area contributed by atoms with E-state index in [1.807, 2.05) is 51.1 Å². The average molecular weight is 532 g/mol. The molecule has 2 aliphatic rings. The summed E-state index contributed by atoms with van der Waals surface area (Å²) >= 11 is 0. The van der Waals surface area contributed by atoms with Crippen LogP contribution in [0.2, 0.25) is 0 Å². The molecule has 0 aliphatic carbocycles. The predicted octanol–water partition coefficient (Wildman–Crippen LogP) is 3.60. The summed E-state index contributed by atoms with van der Waals surface area (Å²) in [7, 11) is 0. The molecule has 0 spiro atoms. The van der Waals surface area contributed by atoms with Crippen LogP contribution in [0.5, 0.6) is 0 Å². The molecule has 38 heavy (non-hydrogen) atoms. The second-order valence-corrected chi connectivity index (χ2v) is 10.9. The Hall–Kier alpha value is -3.14. The van der Waals surface area contributed by atoms with E-state index in [1.54, 1.807) is 6.92 Å². The molecular formula is C28H41N3O7. The molecule has 0 saturated carbocycles. The highest BCUT2D eigenvalue weighted by Crippen LogP contribution is 2.32. The summed E-state index contributed by atoms with van der Waals surface area (Å²) in [6.45, 7) is 9.68. The van der Waals surface area contributed by atoms with Crippen molar-refractivity contribution in [3.8, 4) is 0 Å². The van der Waals surface area contributed by atoms with Crippen LogP contribution in [0.15, 0.2) is 30.3 Å². The van der Waals surface area contributed by atoms with Gasteiger partial charge in [-0.1, -0.05) is 63.9 Å². The fourth-order valence-corrected chi connectivity index (χ4v) is 4.67. The van der Waals surface area contributed by atoms with Gasteiger partial charge < -0.3 is 29.7 Å². The third-order valence-electron chi connectivity index (χ3n) is 7.16. The maximum Gasteiger partial charge on any atom is 0.409 e. The van der Waals surface area contributed by atoms with Gasteiger partial charge in [-0.2, -0.15) is 0 Å². The number of rotatable bonds is 11. The highest BCUT2D eigenvalue weighted by atomic mass is 16.6. The van der Waals surface area contributed by atoms with Crippen molar-refractivity contribution in [1.82, 2.24) is 15.5 Å². The maximum atomic E-state index is 13.0. The zero-order valence-corrected chi connectivity index (χ0v) is 22.9. The van der Waals surface area contributed by atoms with E-state index in [9.17, 15) is 19.2 Å². The average Bonchev–Trinajstić information content (AvgIpc) is 3.52. The number of benzene rings is 1. The minimum absolute atomic E-state index is 0.184. The number of nitrogens with one attached hydrogen (secondary N) is 2. The first-order valence-corrected chi connectivity index (χ1v) is 13.5. The Morgan fingerprint density at radius 1 is 1.16 bits per heavy atom. The second kappa shape index (κ2) is 13.6. The number of Topliss-reactive ketones (excluding diaryl/α,β-unsaturated/α-hetero) is 1. The molecule has 0 radical (unpaired) electrons. The van der Waals surface area contributed by atoms with Gasteiger partial charge >= 0.3 is 12.2 Å². The third-order valence-corrected chi connectivity index (χ3v) is 7.16. The van der Waals surface area contributed by atoms with E-state index in [0.717, 1.165) is 18.4 Å². The SMILES string of the molecule is CCCCC(NC(=O)O[C@@H]1CN(C(=O)OCC2CCOC2)CC1(C)C)C(=O)C(=O)N[C@H](C)c1ccccc1. The van der Waals surface area contributed by atoms with Crippen molar-refractivity contribution in [2.45, 2.75) is 71.6 Å². The van der Waals surface area contributed by atoms with Crippen LogP contribution < -0.4 is 10.6 Å². The zero-order valence-electron chi connectivity index (χ0n) is 22.9. The van der Waals surface area contributed by atoms with E-state index < -0.39 is 41.4 Å². The van der Waals surface area contributed by atoms with E-state index in [-0.39, 0.29) is 18.5 Å². The topological polar surface area (TPSA) is 123 Å². The molecule has 3 rings (SSSR count). The molecule has 2 heterocycles. The summed E-state index contributed by atoms with van der Waals surface area (Å²) in [5, 5.41) is 5.31. The number of unbranched alkanes of at least 4 members (excludes halogenated alkanes) is 1. The van der Waals surface area contributed by atoms with E-state index in [2.05, 4.69) is 10.6 Å². The van der Waals surface area contributed by atoms with Gasteiger partial charge in [0.1, 0.15) is 12.1 Å². The molecule has 2 aliphatic heterocycles. The first-order valence-electron chi connectivity index (χ1n) is 13.5. The molecule has 4 atom stereocenters. The summed E-state index contributed by atoms with van der Waals surface area (Å²) in [4.78, 5) is 52.7. The lowest BCUT2D eigenvalue weighted by atomic mass is 9.90. The molecule has 210 valence electrons. The first kappa shape index (κ1) is 29.4. The Bertz CT molecular complexity index is 962. The number of ether oxygens (including phenoxy) is 3. The Morgan fingerprint density at radius 2 is 1.89 bits per heavy atom. The molecule has 2 N–H and O–H groups in total. The van der Waals surface area contributed by atoms with Crippen LogP contribution in [0.4, 0.5) is 9.59 Å². The van der Waals surface area contributed by atoms with Crippen LogP contribution in [-0.2, 0) is 23.8 Å². The summed E-state index contributed by atoms with van der Waals surface area (Å²) in [5.74, 6) is -1.27. The van der Waals surface area contributed by atoms with E-state index >= 15 is 0 Å². The molecule has 0 bridgehead atoms. The molecule has 3 amide bonds. The number of ketones is 1. The molecule has 2 fully saturated rings. The van der Waals surface area contributed by atoms with Crippen LogP contribution in [0.3, 0.4) is 0 Å². The Kier molecular flexibility index (Phi) is 10.5. The molecule has 1 aromatic rings. The van der Waals surface area contributed by atoms with Gasteiger partial charge in [0, 0.05) is 24.5 Å². The zero-order chi connectivity index (χ0) is 27.7. The third kappa shape index (κ3) is 8.18. The quantitative estimate of drug-likeness (QED) is 0.418. The van der Waals surface area contributed by atoms with Gasteiger partial charge in [-0.25, -0.2) is 9.59 Å². The maximum absolute atomic E-state index is 13.0. The van der Waals surface area contributed by atoms with Crippen molar-refractivity contribution in [3.63, 3.8) is 0 Å². The molecule has 2 saturated heterocycles. The number of hydrogen-bond acceptors (Lipinski definition) is 7. The second-order valence-electron chi connectivity index (χ2n) is 10.9. The van der Waals surface area contributed by atoms with Crippen LogP contribution in [0.1, 0.15) is 65.0 Å². The molecule has 2 unspecified atom stereocenters. The van der Waals surface area contributed by atoms with Gasteiger partial charge in [-0.15, -0.1) is 0 Å². The Balaban J connectivity index is 1.54. The summed E-state index contributed by atoms with van der Waals surface area (Å²) in [6, 6.07) is 7.95. The van der Waals surface area contributed by atoms with E-state index in [0.29, 0.717) is 39.2 Å². The number of alkyl carbamates (subject to hydrolysis) is 1. The van der Waals surface area contributed by atoms with E-state index in [1.165, 1.54) is 4.90 Å². The van der Waals surface area contributed by atoms with Gasteiger partial charge in [0.05, 0.1) is 25.8 Å². The number of likely N-dealkylation sites (tertiary alicyclic amines) is 1. The number of carbonyl (C=O) groups is 4. The summed E-state index contributed by atoms with van der Waals surface area (Å²) in [5.41, 5.74) is 0.354. The predicted molar refractivity (Wildman–Crippen MR) is 140 cm³/mol. The number of amides is 3. The van der Waals surface area contributed by atoms with Gasteiger partial charge in [0.15, 0.2) is 0 Å². The number of hydrogen-bond donors (Lipinski definition) is 2. The van der Waals surface area contributed by atoms with Crippen LogP contribution in [-0.4, -0.2) is 73.8 Å². The standard InChI is InChI=1S/C28H41N3O7/c1-5-6-12-22(24(32)25(33)29-19(2)21-10-8-7-9-11-21)30-26(34)38-23-15-31(18-28(23,3)4)27(35)37-17-20-13-14-36-16-20/h7-11,19-20,22-23H,5-6,12-18H2,1-4H3,(H,29,33)(H,30,34)/t19-,20?,22?,23-/m1/s1. The lowest BCUT2D eigenvalue weighted by Gasteiger charge is -2.26. The smallest absolute Gasteiger partial charge is 0.409 e. The number of carbonyl (C=O) groups excluding carboxylic acids is 4. The van der Waals surface area contributed by atoms with Crippen LogP contribution in [0, 0.1) is 11.3 Å². The number of nitrogens with zero attached hydrogens (tertiary/aromatic N) is 1. The summed E-state index contributed by atoms with van der Waals surface area (Å²) < 4.78 is 16.4. The molecule has 10 heteroatoms. The van der Waals surface area contributed by atoms with Gasteiger partial charge in [-0.05, 0) is 25.3 Å².